The summed E-state index contributed by atoms with van der Waals surface area (Å²) < 4.78 is 7.42. The van der Waals surface area contributed by atoms with Gasteiger partial charge in [0.25, 0.3) is 0 Å². The van der Waals surface area contributed by atoms with Gasteiger partial charge in [-0.05, 0) is 32.3 Å². The van der Waals surface area contributed by atoms with Gasteiger partial charge < -0.3 is 15.0 Å². The van der Waals surface area contributed by atoms with Crippen LogP contribution in [0.2, 0.25) is 0 Å². The Kier molecular flexibility index (Phi) is 5.30. The van der Waals surface area contributed by atoms with Crippen molar-refractivity contribution in [1.29, 1.82) is 0 Å². The molecule has 2 aliphatic rings. The molecule has 0 saturated carbocycles. The monoisotopic (exact) mass is 429 g/mol. The van der Waals surface area contributed by atoms with Crippen molar-refractivity contribution in [3.05, 3.63) is 16.8 Å². The van der Waals surface area contributed by atoms with Crippen molar-refractivity contribution < 1.29 is 9.53 Å². The van der Waals surface area contributed by atoms with Crippen LogP contribution >= 0.6 is 11.3 Å². The molecule has 3 aromatic heterocycles. The molecule has 1 unspecified atom stereocenters. The van der Waals surface area contributed by atoms with Crippen LogP contribution in [0.4, 0.5) is 5.95 Å². The fourth-order valence-electron chi connectivity index (χ4n) is 4.25. The van der Waals surface area contributed by atoms with E-state index in [9.17, 15) is 4.79 Å². The Morgan fingerprint density at radius 3 is 2.90 bits per heavy atom. The Labute approximate surface area is 179 Å². The van der Waals surface area contributed by atoms with Crippen molar-refractivity contribution in [2.24, 2.45) is 0 Å². The summed E-state index contributed by atoms with van der Waals surface area (Å²) in [7, 11) is 0. The van der Waals surface area contributed by atoms with E-state index < -0.39 is 0 Å². The van der Waals surface area contributed by atoms with Gasteiger partial charge in [0.15, 0.2) is 5.65 Å². The number of fused-ring (bicyclic) bond motifs is 3. The summed E-state index contributed by atoms with van der Waals surface area (Å²) in [4.78, 5) is 28.4. The highest BCUT2D eigenvalue weighted by molar-refractivity contribution is 7.18. The first kappa shape index (κ1) is 19.7. The fraction of sp³-hybridized carbons (Fsp3) is 0.600. The average molecular weight is 430 g/mol. The fourth-order valence-corrected chi connectivity index (χ4v) is 5.27. The second-order valence-corrected chi connectivity index (χ2v) is 9.28. The van der Waals surface area contributed by atoms with Crippen molar-refractivity contribution in [3.8, 4) is 0 Å². The van der Waals surface area contributed by atoms with Crippen LogP contribution in [0.1, 0.15) is 23.3 Å². The summed E-state index contributed by atoms with van der Waals surface area (Å²) in [6.07, 6.45) is 3.91. The normalized spacial score (nSPS) is 20.5. The predicted molar refractivity (Wildman–Crippen MR) is 116 cm³/mol. The van der Waals surface area contributed by atoms with Crippen LogP contribution in [0, 0.1) is 13.8 Å². The number of carbonyl (C=O) groups is 1. The number of hydrogen-bond acceptors (Lipinski definition) is 8. The minimum absolute atomic E-state index is 0.0710. The molecule has 2 fully saturated rings. The number of aromatic nitrogens is 4. The van der Waals surface area contributed by atoms with Crippen LogP contribution in [0.15, 0.2) is 6.33 Å². The molecule has 0 aliphatic carbocycles. The first-order chi connectivity index (χ1) is 14.6. The standard InChI is InChI=1S/C20H27N7O2S/c1-13-14(2)30-19-17(13)18-22-12-23-27(18)20(24-19)26-7-5-25(6-8-26)11-16(28)21-10-15-4-3-9-29-15/h12,15H,3-11H2,1-2H3,(H,21,28). The smallest absolute Gasteiger partial charge is 0.234 e. The van der Waals surface area contributed by atoms with Gasteiger partial charge in [-0.2, -0.15) is 9.61 Å². The van der Waals surface area contributed by atoms with Gasteiger partial charge in [-0.25, -0.2) is 9.97 Å². The Bertz CT molecular complexity index is 1060. The highest BCUT2D eigenvalue weighted by Gasteiger charge is 2.25. The topological polar surface area (TPSA) is 87.9 Å². The molecule has 9 nitrogen and oxygen atoms in total. The molecular formula is C20H27N7O2S. The van der Waals surface area contributed by atoms with E-state index in [-0.39, 0.29) is 12.0 Å². The molecule has 30 heavy (non-hydrogen) atoms. The van der Waals surface area contributed by atoms with Gasteiger partial charge in [0.2, 0.25) is 11.9 Å². The van der Waals surface area contributed by atoms with Crippen molar-refractivity contribution in [2.45, 2.75) is 32.8 Å². The summed E-state index contributed by atoms with van der Waals surface area (Å²) in [5, 5.41) is 8.55. The van der Waals surface area contributed by atoms with Crippen molar-refractivity contribution in [1.82, 2.24) is 29.8 Å². The van der Waals surface area contributed by atoms with Crippen LogP contribution in [0.5, 0.6) is 0 Å². The van der Waals surface area contributed by atoms with Crippen molar-refractivity contribution >= 4 is 39.1 Å². The molecule has 2 saturated heterocycles. The number of aryl methyl sites for hydroxylation is 2. The van der Waals surface area contributed by atoms with Crippen molar-refractivity contribution in [3.63, 3.8) is 0 Å². The Morgan fingerprint density at radius 1 is 1.30 bits per heavy atom. The number of hydrogen-bond donors (Lipinski definition) is 1. The van der Waals surface area contributed by atoms with Crippen LogP contribution in [-0.4, -0.2) is 82.4 Å². The molecule has 1 N–H and O–H groups in total. The van der Waals surface area contributed by atoms with Crippen LogP contribution in [0.3, 0.4) is 0 Å². The van der Waals surface area contributed by atoms with E-state index in [1.165, 1.54) is 10.4 Å². The van der Waals surface area contributed by atoms with Crippen LogP contribution < -0.4 is 10.2 Å². The third kappa shape index (κ3) is 3.63. The average Bonchev–Trinajstić information content (AvgIpc) is 3.48. The van der Waals surface area contributed by atoms with E-state index in [0.717, 1.165) is 67.4 Å². The highest BCUT2D eigenvalue weighted by atomic mass is 32.1. The summed E-state index contributed by atoms with van der Waals surface area (Å²) in [5.74, 6) is 0.903. The number of amides is 1. The first-order valence-electron chi connectivity index (χ1n) is 10.5. The zero-order valence-corrected chi connectivity index (χ0v) is 18.2. The third-order valence-corrected chi connectivity index (χ3v) is 7.20. The quantitative estimate of drug-likeness (QED) is 0.655. The summed E-state index contributed by atoms with van der Waals surface area (Å²) >= 11 is 1.71. The summed E-state index contributed by atoms with van der Waals surface area (Å²) in [6.45, 7) is 9.32. The maximum absolute atomic E-state index is 12.3. The minimum atomic E-state index is 0.0710. The number of piperazine rings is 1. The van der Waals surface area contributed by atoms with E-state index in [2.05, 4.69) is 39.0 Å². The Hall–Kier alpha value is -2.30. The Morgan fingerprint density at radius 2 is 2.13 bits per heavy atom. The van der Waals surface area contributed by atoms with Gasteiger partial charge in [-0.3, -0.25) is 9.69 Å². The molecule has 0 aromatic carbocycles. The van der Waals surface area contributed by atoms with E-state index in [0.29, 0.717) is 13.1 Å². The van der Waals surface area contributed by atoms with Gasteiger partial charge in [-0.1, -0.05) is 0 Å². The zero-order chi connectivity index (χ0) is 20.7. The van der Waals surface area contributed by atoms with E-state index in [1.807, 2.05) is 4.52 Å². The molecule has 0 radical (unpaired) electrons. The van der Waals surface area contributed by atoms with Gasteiger partial charge in [0.05, 0.1) is 18.0 Å². The molecular weight excluding hydrogens is 402 g/mol. The van der Waals surface area contributed by atoms with Gasteiger partial charge in [0, 0.05) is 44.2 Å². The predicted octanol–water partition coefficient (Wildman–Crippen LogP) is 1.37. The molecule has 3 aromatic rings. The van der Waals surface area contributed by atoms with E-state index in [4.69, 9.17) is 9.72 Å². The number of rotatable bonds is 5. The molecule has 2 aliphatic heterocycles. The summed E-state index contributed by atoms with van der Waals surface area (Å²) in [6, 6.07) is 0. The molecule has 10 heteroatoms. The molecule has 1 amide bonds. The number of nitrogens with one attached hydrogen (secondary N) is 1. The number of nitrogens with zero attached hydrogens (tertiary/aromatic N) is 6. The number of carbonyl (C=O) groups excluding carboxylic acids is 1. The summed E-state index contributed by atoms with van der Waals surface area (Å²) in [5.41, 5.74) is 2.10. The SMILES string of the molecule is Cc1sc2nc(N3CCN(CC(=O)NCC4CCCO4)CC3)n3ncnc3c2c1C. The second kappa shape index (κ2) is 8.09. The molecule has 0 spiro atoms. The molecule has 1 atom stereocenters. The lowest BCUT2D eigenvalue weighted by Gasteiger charge is -2.34. The molecule has 160 valence electrons. The van der Waals surface area contributed by atoms with Gasteiger partial charge >= 0.3 is 0 Å². The first-order valence-corrected chi connectivity index (χ1v) is 11.4. The van der Waals surface area contributed by atoms with Gasteiger partial charge in [-0.15, -0.1) is 11.3 Å². The third-order valence-electron chi connectivity index (χ3n) is 6.10. The minimum Gasteiger partial charge on any atom is -0.376 e. The lowest BCUT2D eigenvalue weighted by atomic mass is 10.2. The molecule has 0 bridgehead atoms. The van der Waals surface area contributed by atoms with E-state index >= 15 is 0 Å². The maximum atomic E-state index is 12.3. The number of thiophene rings is 1. The van der Waals surface area contributed by atoms with Gasteiger partial charge in [0.1, 0.15) is 11.2 Å². The lowest BCUT2D eigenvalue weighted by Crippen LogP contribution is -2.50. The van der Waals surface area contributed by atoms with E-state index in [1.54, 1.807) is 17.7 Å². The number of ether oxygens (including phenoxy) is 1. The number of anilines is 1. The largest absolute Gasteiger partial charge is 0.376 e. The van der Waals surface area contributed by atoms with Crippen molar-refractivity contribution in [2.75, 3.05) is 50.8 Å². The van der Waals surface area contributed by atoms with Crippen LogP contribution in [0.25, 0.3) is 15.9 Å². The Balaban J connectivity index is 1.24. The second-order valence-electron chi connectivity index (χ2n) is 8.07. The highest BCUT2D eigenvalue weighted by Crippen LogP contribution is 2.33. The van der Waals surface area contributed by atoms with Crippen LogP contribution in [-0.2, 0) is 9.53 Å². The maximum Gasteiger partial charge on any atom is 0.234 e. The molecule has 5 rings (SSSR count). The lowest BCUT2D eigenvalue weighted by molar-refractivity contribution is -0.122. The molecule has 5 heterocycles. The zero-order valence-electron chi connectivity index (χ0n) is 17.4.